The Kier molecular flexibility index (Phi) is 4.11. The van der Waals surface area contributed by atoms with Crippen molar-refractivity contribution < 1.29 is 8.42 Å². The topological polar surface area (TPSA) is 76.9 Å². The zero-order valence-corrected chi connectivity index (χ0v) is 14.5. The van der Waals surface area contributed by atoms with Gasteiger partial charge in [-0.2, -0.15) is 5.10 Å². The second kappa shape index (κ2) is 6.09. The number of para-hydroxylation sites is 1. The lowest BCUT2D eigenvalue weighted by Crippen LogP contribution is -2.15. The van der Waals surface area contributed by atoms with Gasteiger partial charge in [-0.1, -0.05) is 18.2 Å². The summed E-state index contributed by atoms with van der Waals surface area (Å²) in [4.78, 5) is 4.23. The number of hydrogen-bond donors (Lipinski definition) is 1. The first-order valence-electron chi connectivity index (χ1n) is 7.45. The molecule has 0 aliphatic carbocycles. The Morgan fingerprint density at radius 3 is 2.42 bits per heavy atom. The SMILES string of the molecule is Cc1ccnc(NS(=O)(=O)c2c(C)nn(-c3ccccc3)c2C)c1. The standard InChI is InChI=1S/C17H18N4O2S/c1-12-9-10-18-16(11-12)20-24(22,23)17-13(2)19-21(14(17)3)15-7-5-4-6-8-15/h4-11H,1-3H3,(H,18,20). The van der Waals surface area contributed by atoms with Crippen molar-refractivity contribution in [2.45, 2.75) is 25.7 Å². The fourth-order valence-electron chi connectivity index (χ4n) is 2.62. The summed E-state index contributed by atoms with van der Waals surface area (Å²) in [5.74, 6) is 0.293. The van der Waals surface area contributed by atoms with Crippen LogP contribution >= 0.6 is 0 Å². The summed E-state index contributed by atoms with van der Waals surface area (Å²) >= 11 is 0. The van der Waals surface area contributed by atoms with Gasteiger partial charge < -0.3 is 0 Å². The average molecular weight is 342 g/mol. The van der Waals surface area contributed by atoms with Crippen LogP contribution in [0.25, 0.3) is 5.69 Å². The molecule has 0 atom stereocenters. The zero-order valence-electron chi connectivity index (χ0n) is 13.7. The van der Waals surface area contributed by atoms with Crippen molar-refractivity contribution in [1.82, 2.24) is 14.8 Å². The molecule has 7 heteroatoms. The van der Waals surface area contributed by atoms with Gasteiger partial charge >= 0.3 is 0 Å². The molecule has 2 aromatic heterocycles. The van der Waals surface area contributed by atoms with E-state index in [0.717, 1.165) is 11.3 Å². The smallest absolute Gasteiger partial charge is 0.263 e. The zero-order chi connectivity index (χ0) is 17.3. The summed E-state index contributed by atoms with van der Waals surface area (Å²) in [7, 11) is -3.77. The Bertz CT molecular complexity index is 979. The highest BCUT2D eigenvalue weighted by molar-refractivity contribution is 7.92. The van der Waals surface area contributed by atoms with Crippen molar-refractivity contribution in [3.05, 3.63) is 65.6 Å². The molecule has 1 N–H and O–H groups in total. The van der Waals surface area contributed by atoms with Crippen molar-refractivity contribution in [2.75, 3.05) is 4.72 Å². The first kappa shape index (κ1) is 16.2. The molecule has 0 bridgehead atoms. The number of aromatic nitrogens is 3. The Morgan fingerprint density at radius 1 is 1.04 bits per heavy atom. The number of hydrogen-bond acceptors (Lipinski definition) is 4. The van der Waals surface area contributed by atoms with Crippen LogP contribution in [0.4, 0.5) is 5.82 Å². The quantitative estimate of drug-likeness (QED) is 0.791. The molecule has 0 fully saturated rings. The number of sulfonamides is 1. The summed E-state index contributed by atoms with van der Waals surface area (Å²) in [6.07, 6.45) is 1.57. The number of rotatable bonds is 4. The number of aryl methyl sites for hydroxylation is 2. The third-order valence-electron chi connectivity index (χ3n) is 3.65. The van der Waals surface area contributed by atoms with Gasteiger partial charge in [-0.05, 0) is 50.6 Å². The second-order valence-corrected chi connectivity index (χ2v) is 7.19. The first-order chi connectivity index (χ1) is 11.4. The van der Waals surface area contributed by atoms with E-state index in [1.807, 2.05) is 43.3 Å². The molecule has 6 nitrogen and oxygen atoms in total. The Balaban J connectivity index is 2.04. The minimum absolute atomic E-state index is 0.176. The third-order valence-corrected chi connectivity index (χ3v) is 5.25. The van der Waals surface area contributed by atoms with E-state index < -0.39 is 10.0 Å². The number of anilines is 1. The predicted octanol–water partition coefficient (Wildman–Crippen LogP) is 2.99. The van der Waals surface area contributed by atoms with Crippen LogP contribution in [0.2, 0.25) is 0 Å². The number of nitrogens with zero attached hydrogens (tertiary/aromatic N) is 3. The van der Waals surface area contributed by atoms with Crippen LogP contribution in [0.1, 0.15) is 17.0 Å². The normalized spacial score (nSPS) is 11.5. The molecular weight excluding hydrogens is 324 g/mol. The molecule has 0 unspecified atom stereocenters. The molecule has 3 rings (SSSR count). The predicted molar refractivity (Wildman–Crippen MR) is 92.8 cm³/mol. The van der Waals surface area contributed by atoms with E-state index in [1.165, 1.54) is 0 Å². The van der Waals surface area contributed by atoms with Gasteiger partial charge in [0, 0.05) is 6.20 Å². The fraction of sp³-hybridized carbons (Fsp3) is 0.176. The lowest BCUT2D eigenvalue weighted by Gasteiger charge is -2.09. The highest BCUT2D eigenvalue weighted by atomic mass is 32.2. The van der Waals surface area contributed by atoms with E-state index in [2.05, 4.69) is 14.8 Å². The van der Waals surface area contributed by atoms with Crippen LogP contribution in [0.5, 0.6) is 0 Å². The van der Waals surface area contributed by atoms with Gasteiger partial charge in [0.25, 0.3) is 10.0 Å². The Labute approximate surface area is 141 Å². The number of pyridine rings is 1. The monoisotopic (exact) mass is 342 g/mol. The van der Waals surface area contributed by atoms with Gasteiger partial charge in [0.1, 0.15) is 10.7 Å². The van der Waals surface area contributed by atoms with Gasteiger partial charge in [-0.3, -0.25) is 4.72 Å². The molecule has 0 amide bonds. The van der Waals surface area contributed by atoms with E-state index in [9.17, 15) is 8.42 Å². The Hall–Kier alpha value is -2.67. The summed E-state index contributed by atoms with van der Waals surface area (Å²) in [6.45, 7) is 5.30. The largest absolute Gasteiger partial charge is 0.266 e. The van der Waals surface area contributed by atoms with Crippen LogP contribution < -0.4 is 4.72 Å². The van der Waals surface area contributed by atoms with Crippen molar-refractivity contribution in [1.29, 1.82) is 0 Å². The van der Waals surface area contributed by atoms with Gasteiger partial charge in [0.15, 0.2) is 0 Å². The summed E-state index contributed by atoms with van der Waals surface area (Å²) in [5.41, 5.74) is 2.74. The molecule has 0 radical (unpaired) electrons. The molecule has 0 saturated carbocycles. The molecule has 0 aliphatic rings. The van der Waals surface area contributed by atoms with Crippen LogP contribution in [-0.4, -0.2) is 23.2 Å². The van der Waals surface area contributed by atoms with Gasteiger partial charge in [0.2, 0.25) is 0 Å². The van der Waals surface area contributed by atoms with Crippen molar-refractivity contribution >= 4 is 15.8 Å². The van der Waals surface area contributed by atoms with Crippen LogP contribution in [-0.2, 0) is 10.0 Å². The van der Waals surface area contributed by atoms with Gasteiger partial charge in [0.05, 0.1) is 17.1 Å². The van der Waals surface area contributed by atoms with Gasteiger partial charge in [-0.15, -0.1) is 0 Å². The molecule has 3 aromatic rings. The molecule has 124 valence electrons. The summed E-state index contributed by atoms with van der Waals surface area (Å²) in [6, 6.07) is 12.9. The second-order valence-electron chi connectivity index (χ2n) is 5.57. The van der Waals surface area contributed by atoms with E-state index in [1.54, 1.807) is 30.8 Å². The summed E-state index contributed by atoms with van der Waals surface area (Å²) in [5, 5.41) is 4.38. The summed E-state index contributed by atoms with van der Waals surface area (Å²) < 4.78 is 29.8. The minimum atomic E-state index is -3.77. The fourth-order valence-corrected chi connectivity index (χ4v) is 4.01. The van der Waals surface area contributed by atoms with E-state index in [4.69, 9.17) is 0 Å². The van der Waals surface area contributed by atoms with Crippen molar-refractivity contribution in [2.24, 2.45) is 0 Å². The third kappa shape index (κ3) is 3.03. The molecular formula is C17H18N4O2S. The number of benzene rings is 1. The van der Waals surface area contributed by atoms with Crippen molar-refractivity contribution in [3.8, 4) is 5.69 Å². The van der Waals surface area contributed by atoms with E-state index in [-0.39, 0.29) is 4.90 Å². The molecule has 24 heavy (non-hydrogen) atoms. The Morgan fingerprint density at radius 2 is 1.75 bits per heavy atom. The molecule has 1 aromatic carbocycles. The number of nitrogens with one attached hydrogen (secondary N) is 1. The maximum absolute atomic E-state index is 12.8. The lowest BCUT2D eigenvalue weighted by atomic mass is 10.3. The van der Waals surface area contributed by atoms with Crippen LogP contribution in [0.15, 0.2) is 53.6 Å². The highest BCUT2D eigenvalue weighted by Gasteiger charge is 2.25. The maximum Gasteiger partial charge on any atom is 0.266 e. The van der Waals surface area contributed by atoms with Crippen molar-refractivity contribution in [3.63, 3.8) is 0 Å². The molecule has 0 aliphatic heterocycles. The highest BCUT2D eigenvalue weighted by Crippen LogP contribution is 2.24. The molecule has 0 saturated heterocycles. The average Bonchev–Trinajstić information content (AvgIpc) is 2.83. The van der Waals surface area contributed by atoms with Crippen LogP contribution in [0.3, 0.4) is 0 Å². The molecule has 2 heterocycles. The molecule has 0 spiro atoms. The lowest BCUT2D eigenvalue weighted by molar-refractivity contribution is 0.599. The minimum Gasteiger partial charge on any atom is -0.263 e. The first-order valence-corrected chi connectivity index (χ1v) is 8.94. The maximum atomic E-state index is 12.8. The van der Waals surface area contributed by atoms with Crippen LogP contribution in [0, 0.1) is 20.8 Å². The van der Waals surface area contributed by atoms with E-state index >= 15 is 0 Å². The van der Waals surface area contributed by atoms with Gasteiger partial charge in [-0.25, -0.2) is 18.1 Å². The van der Waals surface area contributed by atoms with E-state index in [0.29, 0.717) is 17.2 Å².